The summed E-state index contributed by atoms with van der Waals surface area (Å²) in [4.78, 5) is 9.79. The number of rotatable bonds is 5. The smallest absolute Gasteiger partial charge is 0.293 e. The molecule has 0 amide bonds. The van der Waals surface area contributed by atoms with Crippen LogP contribution in [-0.4, -0.2) is 13.1 Å². The molecule has 12 heavy (non-hydrogen) atoms. The second-order valence-electron chi connectivity index (χ2n) is 2.56. The fraction of sp³-hybridized carbons (Fsp3) is 0.300. The summed E-state index contributed by atoms with van der Waals surface area (Å²) in [6.07, 6.45) is 1.86. The quantitative estimate of drug-likeness (QED) is 0.490. The Balaban J connectivity index is 2.20. The molecule has 0 radical (unpaired) electrons. The van der Waals surface area contributed by atoms with Crippen molar-refractivity contribution in [2.45, 2.75) is 12.8 Å². The monoisotopic (exact) mass is 164 g/mol. The molecule has 0 saturated heterocycles. The molecule has 0 aliphatic rings. The van der Waals surface area contributed by atoms with Gasteiger partial charge in [0, 0.05) is 0 Å². The molecular formula is C10H12O2. The predicted molar refractivity (Wildman–Crippen MR) is 46.8 cm³/mol. The first-order chi connectivity index (χ1) is 5.93. The molecule has 0 spiro atoms. The van der Waals surface area contributed by atoms with E-state index in [1.54, 1.807) is 0 Å². The van der Waals surface area contributed by atoms with E-state index in [1.807, 2.05) is 18.2 Å². The number of ether oxygens (including phenoxy) is 1. The van der Waals surface area contributed by atoms with Crippen molar-refractivity contribution in [1.29, 1.82) is 0 Å². The maximum Gasteiger partial charge on any atom is 0.293 e. The van der Waals surface area contributed by atoms with E-state index < -0.39 is 0 Å². The van der Waals surface area contributed by atoms with Gasteiger partial charge in [0.25, 0.3) is 6.47 Å². The highest BCUT2D eigenvalue weighted by atomic mass is 16.5. The topological polar surface area (TPSA) is 26.3 Å². The zero-order valence-electron chi connectivity index (χ0n) is 6.90. The van der Waals surface area contributed by atoms with E-state index in [-0.39, 0.29) is 0 Å². The first-order valence-electron chi connectivity index (χ1n) is 4.02. The van der Waals surface area contributed by atoms with E-state index in [0.717, 1.165) is 12.8 Å². The van der Waals surface area contributed by atoms with Gasteiger partial charge in [-0.3, -0.25) is 4.79 Å². The van der Waals surface area contributed by atoms with Crippen molar-refractivity contribution >= 4 is 6.47 Å². The second-order valence-corrected chi connectivity index (χ2v) is 2.56. The molecule has 0 saturated carbocycles. The minimum absolute atomic E-state index is 0.491. The van der Waals surface area contributed by atoms with E-state index in [0.29, 0.717) is 13.1 Å². The Morgan fingerprint density at radius 2 is 2.00 bits per heavy atom. The van der Waals surface area contributed by atoms with Crippen LogP contribution in [-0.2, 0) is 16.0 Å². The van der Waals surface area contributed by atoms with Gasteiger partial charge in [-0.05, 0) is 18.4 Å². The van der Waals surface area contributed by atoms with Crippen molar-refractivity contribution in [1.82, 2.24) is 0 Å². The van der Waals surface area contributed by atoms with Crippen LogP contribution in [0.5, 0.6) is 0 Å². The maximum absolute atomic E-state index is 9.79. The Hall–Kier alpha value is -1.31. The largest absolute Gasteiger partial charge is 0.468 e. The van der Waals surface area contributed by atoms with E-state index in [1.165, 1.54) is 5.56 Å². The van der Waals surface area contributed by atoms with Crippen LogP contribution >= 0.6 is 0 Å². The lowest BCUT2D eigenvalue weighted by Gasteiger charge is -1.99. The minimum Gasteiger partial charge on any atom is -0.468 e. The molecule has 0 aliphatic heterocycles. The molecule has 2 heteroatoms. The number of hydrogen-bond acceptors (Lipinski definition) is 2. The van der Waals surface area contributed by atoms with Crippen molar-refractivity contribution < 1.29 is 9.53 Å². The van der Waals surface area contributed by atoms with Crippen molar-refractivity contribution in [3.8, 4) is 0 Å². The lowest BCUT2D eigenvalue weighted by molar-refractivity contribution is -0.128. The first kappa shape index (κ1) is 8.78. The second kappa shape index (κ2) is 5.35. The van der Waals surface area contributed by atoms with E-state index in [2.05, 4.69) is 16.9 Å². The lowest BCUT2D eigenvalue weighted by atomic mass is 10.1. The van der Waals surface area contributed by atoms with E-state index in [9.17, 15) is 4.79 Å². The summed E-state index contributed by atoms with van der Waals surface area (Å²) in [5.74, 6) is 0. The van der Waals surface area contributed by atoms with Gasteiger partial charge in [-0.15, -0.1) is 0 Å². The molecule has 0 bridgehead atoms. The maximum atomic E-state index is 9.79. The molecule has 1 aromatic carbocycles. The molecule has 1 rings (SSSR count). The van der Waals surface area contributed by atoms with Gasteiger partial charge in [0.05, 0.1) is 6.61 Å². The highest BCUT2D eigenvalue weighted by Gasteiger charge is 1.90. The van der Waals surface area contributed by atoms with Gasteiger partial charge in [0.15, 0.2) is 0 Å². The Labute approximate surface area is 72.2 Å². The van der Waals surface area contributed by atoms with Crippen LogP contribution in [0.1, 0.15) is 12.0 Å². The summed E-state index contributed by atoms with van der Waals surface area (Å²) in [7, 11) is 0. The number of benzene rings is 1. The summed E-state index contributed by atoms with van der Waals surface area (Å²) in [5.41, 5.74) is 1.28. The van der Waals surface area contributed by atoms with Gasteiger partial charge in [0.2, 0.25) is 0 Å². The third kappa shape index (κ3) is 3.19. The average molecular weight is 164 g/mol. The predicted octanol–water partition coefficient (Wildman–Crippen LogP) is 1.79. The third-order valence-corrected chi connectivity index (χ3v) is 1.64. The van der Waals surface area contributed by atoms with Crippen LogP contribution < -0.4 is 0 Å². The van der Waals surface area contributed by atoms with Gasteiger partial charge in [-0.25, -0.2) is 0 Å². The van der Waals surface area contributed by atoms with E-state index >= 15 is 0 Å². The van der Waals surface area contributed by atoms with Crippen LogP contribution in [0.4, 0.5) is 0 Å². The van der Waals surface area contributed by atoms with Crippen molar-refractivity contribution in [3.05, 3.63) is 35.9 Å². The van der Waals surface area contributed by atoms with E-state index in [4.69, 9.17) is 0 Å². The van der Waals surface area contributed by atoms with Crippen molar-refractivity contribution in [3.63, 3.8) is 0 Å². The molecule has 2 nitrogen and oxygen atoms in total. The fourth-order valence-corrected chi connectivity index (χ4v) is 1.05. The molecule has 0 unspecified atom stereocenters. The number of carbonyl (C=O) groups excluding carboxylic acids is 1. The Kier molecular flexibility index (Phi) is 3.92. The molecule has 0 aromatic heterocycles. The summed E-state index contributed by atoms with van der Waals surface area (Å²) in [6.45, 7) is 1.00. The lowest BCUT2D eigenvalue weighted by Crippen LogP contribution is -1.94. The molecule has 64 valence electrons. The normalized spacial score (nSPS) is 9.33. The van der Waals surface area contributed by atoms with Crippen LogP contribution in [0.25, 0.3) is 0 Å². The SMILES string of the molecule is O=COCCCc1ccccc1. The molecule has 0 heterocycles. The molecule has 0 atom stereocenters. The molecular weight excluding hydrogens is 152 g/mol. The van der Waals surface area contributed by atoms with Gasteiger partial charge in [-0.2, -0.15) is 0 Å². The minimum atomic E-state index is 0.491. The average Bonchev–Trinajstić information content (AvgIpc) is 2.14. The Morgan fingerprint density at radius 3 is 2.67 bits per heavy atom. The first-order valence-corrected chi connectivity index (χ1v) is 4.02. The standard InChI is InChI=1S/C10H12O2/c11-9-12-8-4-7-10-5-2-1-3-6-10/h1-3,5-6,9H,4,7-8H2. The van der Waals surface area contributed by atoms with Gasteiger partial charge >= 0.3 is 0 Å². The Bertz CT molecular complexity index is 219. The molecule has 1 aromatic rings. The van der Waals surface area contributed by atoms with Crippen LogP contribution in [0.15, 0.2) is 30.3 Å². The van der Waals surface area contributed by atoms with Gasteiger partial charge in [0.1, 0.15) is 0 Å². The summed E-state index contributed by atoms with van der Waals surface area (Å²) >= 11 is 0. The van der Waals surface area contributed by atoms with Crippen LogP contribution in [0.3, 0.4) is 0 Å². The van der Waals surface area contributed by atoms with Crippen LogP contribution in [0.2, 0.25) is 0 Å². The van der Waals surface area contributed by atoms with Gasteiger partial charge < -0.3 is 4.74 Å². The van der Waals surface area contributed by atoms with Crippen molar-refractivity contribution in [2.24, 2.45) is 0 Å². The van der Waals surface area contributed by atoms with Gasteiger partial charge in [-0.1, -0.05) is 30.3 Å². The fourth-order valence-electron chi connectivity index (χ4n) is 1.05. The summed E-state index contributed by atoms with van der Waals surface area (Å²) in [6, 6.07) is 10.2. The number of carbonyl (C=O) groups is 1. The molecule has 0 fully saturated rings. The highest BCUT2D eigenvalue weighted by Crippen LogP contribution is 2.01. The zero-order chi connectivity index (χ0) is 8.65. The Morgan fingerprint density at radius 1 is 1.25 bits per heavy atom. The molecule has 0 N–H and O–H groups in total. The van der Waals surface area contributed by atoms with Crippen molar-refractivity contribution in [2.75, 3.05) is 6.61 Å². The van der Waals surface area contributed by atoms with Crippen LogP contribution in [0, 0.1) is 0 Å². The number of aryl methyl sites for hydroxylation is 1. The number of hydrogen-bond donors (Lipinski definition) is 0. The third-order valence-electron chi connectivity index (χ3n) is 1.64. The summed E-state index contributed by atoms with van der Waals surface area (Å²) < 4.78 is 4.57. The zero-order valence-corrected chi connectivity index (χ0v) is 6.90. The summed E-state index contributed by atoms with van der Waals surface area (Å²) in [5, 5.41) is 0. The molecule has 0 aliphatic carbocycles. The highest BCUT2D eigenvalue weighted by molar-refractivity contribution is 5.36.